The van der Waals surface area contributed by atoms with Gasteiger partial charge in [0.1, 0.15) is 0 Å². The Bertz CT molecular complexity index is 533. The highest BCUT2D eigenvalue weighted by atomic mass is 35.5. The van der Waals surface area contributed by atoms with Crippen LogP contribution in [0.3, 0.4) is 0 Å². The van der Waals surface area contributed by atoms with E-state index in [4.69, 9.17) is 11.6 Å². The van der Waals surface area contributed by atoms with Crippen molar-refractivity contribution in [2.45, 2.75) is 30.7 Å². The topological polar surface area (TPSA) is 24.9 Å². The summed E-state index contributed by atoms with van der Waals surface area (Å²) >= 11 is 8.02. The predicted molar refractivity (Wildman–Crippen MR) is 92.2 cm³/mol. The molecule has 2 nitrogen and oxygen atoms in total. The molecule has 2 rings (SSSR count). The van der Waals surface area contributed by atoms with E-state index in [1.165, 1.54) is 0 Å². The molecule has 1 heterocycles. The average molecular weight is 321 g/mol. The van der Waals surface area contributed by atoms with E-state index in [1.54, 1.807) is 11.8 Å². The number of nitrogens with zero attached hydrogens (tertiary/aromatic N) is 1. The molecule has 21 heavy (non-hydrogen) atoms. The highest BCUT2D eigenvalue weighted by Gasteiger charge is 2.11. The van der Waals surface area contributed by atoms with Crippen LogP contribution in [0, 0.1) is 0 Å². The van der Waals surface area contributed by atoms with Crippen LogP contribution in [0.5, 0.6) is 0 Å². The molecule has 0 radical (unpaired) electrons. The zero-order valence-electron chi connectivity index (χ0n) is 12.3. The van der Waals surface area contributed by atoms with Crippen LogP contribution in [0.4, 0.5) is 0 Å². The van der Waals surface area contributed by atoms with Gasteiger partial charge in [-0.3, -0.25) is 4.98 Å². The maximum atomic E-state index is 6.22. The maximum absolute atomic E-state index is 6.22. The molecule has 0 saturated heterocycles. The van der Waals surface area contributed by atoms with Crippen molar-refractivity contribution in [2.75, 3.05) is 12.3 Å². The van der Waals surface area contributed by atoms with Gasteiger partial charge in [0.25, 0.3) is 0 Å². The molecule has 1 aromatic carbocycles. The third-order valence-electron chi connectivity index (χ3n) is 3.14. The van der Waals surface area contributed by atoms with Gasteiger partial charge >= 0.3 is 0 Å². The summed E-state index contributed by atoms with van der Waals surface area (Å²) in [5.41, 5.74) is 1.13. The SMILES string of the molecule is CCCNC(CSc1ccccc1Cl)Cc1ccccn1. The minimum atomic E-state index is 0.404. The monoisotopic (exact) mass is 320 g/mol. The first-order valence-electron chi connectivity index (χ1n) is 7.30. The molecule has 0 amide bonds. The van der Waals surface area contributed by atoms with Crippen LogP contribution in [0.15, 0.2) is 53.6 Å². The smallest absolute Gasteiger partial charge is 0.0541 e. The van der Waals surface area contributed by atoms with E-state index in [2.05, 4.69) is 29.4 Å². The number of hydrogen-bond acceptors (Lipinski definition) is 3. The largest absolute Gasteiger partial charge is 0.313 e. The third kappa shape index (κ3) is 5.70. The Hall–Kier alpha value is -1.03. The van der Waals surface area contributed by atoms with Crippen LogP contribution < -0.4 is 5.32 Å². The van der Waals surface area contributed by atoms with Gasteiger partial charge in [-0.2, -0.15) is 0 Å². The highest BCUT2D eigenvalue weighted by molar-refractivity contribution is 7.99. The molecule has 0 bridgehead atoms. The molecule has 0 aliphatic rings. The second kappa shape index (κ2) is 9.08. The summed E-state index contributed by atoms with van der Waals surface area (Å²) < 4.78 is 0. The molecule has 1 aromatic heterocycles. The van der Waals surface area contributed by atoms with Crippen molar-refractivity contribution >= 4 is 23.4 Å². The number of thioether (sulfide) groups is 1. The van der Waals surface area contributed by atoms with Crippen molar-refractivity contribution in [1.82, 2.24) is 10.3 Å². The van der Waals surface area contributed by atoms with E-state index in [1.807, 2.05) is 36.5 Å². The van der Waals surface area contributed by atoms with Gasteiger partial charge in [-0.25, -0.2) is 0 Å². The summed E-state index contributed by atoms with van der Waals surface area (Å²) in [6.07, 6.45) is 3.93. The van der Waals surface area contributed by atoms with Crippen LogP contribution in [-0.4, -0.2) is 23.3 Å². The van der Waals surface area contributed by atoms with Gasteiger partial charge in [0.2, 0.25) is 0 Å². The number of pyridine rings is 1. The molecular formula is C17H21ClN2S. The number of rotatable bonds is 8. The maximum Gasteiger partial charge on any atom is 0.0541 e. The Kier molecular flexibility index (Phi) is 7.07. The number of hydrogen-bond donors (Lipinski definition) is 1. The Morgan fingerprint density at radius 1 is 1.19 bits per heavy atom. The molecule has 1 unspecified atom stereocenters. The lowest BCUT2D eigenvalue weighted by atomic mass is 10.1. The second-order valence-electron chi connectivity index (χ2n) is 4.92. The third-order valence-corrected chi connectivity index (χ3v) is 4.82. The number of benzene rings is 1. The summed E-state index contributed by atoms with van der Waals surface area (Å²) in [5.74, 6) is 0.986. The van der Waals surface area contributed by atoms with Gasteiger partial charge in [-0.1, -0.05) is 36.7 Å². The van der Waals surface area contributed by atoms with Crippen LogP contribution in [0.25, 0.3) is 0 Å². The van der Waals surface area contributed by atoms with Gasteiger partial charge in [-0.05, 0) is 37.2 Å². The van der Waals surface area contributed by atoms with Gasteiger partial charge in [0, 0.05) is 35.0 Å². The van der Waals surface area contributed by atoms with Gasteiger partial charge in [-0.15, -0.1) is 11.8 Å². The highest BCUT2D eigenvalue weighted by Crippen LogP contribution is 2.27. The number of nitrogens with one attached hydrogen (secondary N) is 1. The fourth-order valence-electron chi connectivity index (χ4n) is 2.06. The molecule has 0 fully saturated rings. The van der Waals surface area contributed by atoms with E-state index in [9.17, 15) is 0 Å². The van der Waals surface area contributed by atoms with Crippen molar-refractivity contribution in [1.29, 1.82) is 0 Å². The molecule has 1 N–H and O–H groups in total. The zero-order valence-corrected chi connectivity index (χ0v) is 13.8. The first kappa shape index (κ1) is 16.3. The molecule has 0 saturated carbocycles. The van der Waals surface area contributed by atoms with Gasteiger partial charge < -0.3 is 5.32 Å². The van der Waals surface area contributed by atoms with Crippen molar-refractivity contribution in [3.63, 3.8) is 0 Å². The van der Waals surface area contributed by atoms with Crippen molar-refractivity contribution in [3.05, 3.63) is 59.4 Å². The number of halogens is 1. The standard InChI is InChI=1S/C17H21ClN2S/c1-2-10-19-15(12-14-7-5-6-11-20-14)13-21-17-9-4-3-8-16(17)18/h3-9,11,15,19H,2,10,12-13H2,1H3. The zero-order chi connectivity index (χ0) is 14.9. The molecule has 0 aliphatic heterocycles. The summed E-state index contributed by atoms with van der Waals surface area (Å²) in [6, 6.07) is 14.5. The average Bonchev–Trinajstić information content (AvgIpc) is 2.52. The molecule has 0 spiro atoms. The molecular weight excluding hydrogens is 300 g/mol. The van der Waals surface area contributed by atoms with Crippen molar-refractivity contribution in [2.24, 2.45) is 0 Å². The number of aromatic nitrogens is 1. The quantitative estimate of drug-likeness (QED) is 0.728. The Morgan fingerprint density at radius 2 is 2.00 bits per heavy atom. The van der Waals surface area contributed by atoms with Crippen molar-refractivity contribution < 1.29 is 0 Å². The summed E-state index contributed by atoms with van der Waals surface area (Å²) in [5, 5.41) is 4.43. The lowest BCUT2D eigenvalue weighted by molar-refractivity contribution is 0.545. The van der Waals surface area contributed by atoms with Crippen LogP contribution >= 0.6 is 23.4 Å². The lowest BCUT2D eigenvalue weighted by Crippen LogP contribution is -2.34. The van der Waals surface area contributed by atoms with Crippen LogP contribution in [0.2, 0.25) is 5.02 Å². The van der Waals surface area contributed by atoms with Crippen LogP contribution in [-0.2, 0) is 6.42 Å². The Morgan fingerprint density at radius 3 is 2.71 bits per heavy atom. The lowest BCUT2D eigenvalue weighted by Gasteiger charge is -2.18. The molecule has 2 aromatic rings. The van der Waals surface area contributed by atoms with E-state index in [0.29, 0.717) is 6.04 Å². The summed E-state index contributed by atoms with van der Waals surface area (Å²) in [4.78, 5) is 5.57. The molecule has 4 heteroatoms. The van der Waals surface area contributed by atoms with Crippen molar-refractivity contribution in [3.8, 4) is 0 Å². The molecule has 112 valence electrons. The Balaban J connectivity index is 1.94. The first-order chi connectivity index (χ1) is 10.3. The van der Waals surface area contributed by atoms with E-state index >= 15 is 0 Å². The minimum absolute atomic E-state index is 0.404. The van der Waals surface area contributed by atoms with Gasteiger partial charge in [0.15, 0.2) is 0 Å². The van der Waals surface area contributed by atoms with Gasteiger partial charge in [0.05, 0.1) is 5.02 Å². The van der Waals surface area contributed by atoms with E-state index in [-0.39, 0.29) is 0 Å². The van der Waals surface area contributed by atoms with Crippen LogP contribution in [0.1, 0.15) is 19.0 Å². The normalized spacial score (nSPS) is 12.3. The summed E-state index contributed by atoms with van der Waals surface area (Å²) in [6.45, 7) is 3.21. The molecule has 1 atom stereocenters. The predicted octanol–water partition coefficient (Wildman–Crippen LogP) is 4.44. The summed E-state index contributed by atoms with van der Waals surface area (Å²) in [7, 11) is 0. The first-order valence-corrected chi connectivity index (χ1v) is 8.66. The van der Waals surface area contributed by atoms with E-state index in [0.717, 1.165) is 40.8 Å². The van der Waals surface area contributed by atoms with E-state index < -0.39 is 0 Å². The second-order valence-corrected chi connectivity index (χ2v) is 6.39. The minimum Gasteiger partial charge on any atom is -0.313 e. The Labute approximate surface area is 136 Å². The fourth-order valence-corrected chi connectivity index (χ4v) is 3.36. The molecule has 0 aliphatic carbocycles. The fraction of sp³-hybridized carbons (Fsp3) is 0.353.